The van der Waals surface area contributed by atoms with Crippen molar-refractivity contribution in [3.8, 4) is 0 Å². The Balaban J connectivity index is 1.28. The van der Waals surface area contributed by atoms with E-state index >= 15 is 0 Å². The number of benzene rings is 2. The average molecular weight is 544 g/mol. The Bertz CT molecular complexity index is 1420. The van der Waals surface area contributed by atoms with Crippen LogP contribution in [0.4, 0.5) is 10.2 Å². The number of rotatable bonds is 8. The van der Waals surface area contributed by atoms with Gasteiger partial charge in [0.25, 0.3) is 5.91 Å². The molecule has 3 aromatic rings. The minimum absolute atomic E-state index is 0.0957. The van der Waals surface area contributed by atoms with Crippen molar-refractivity contribution in [2.45, 2.75) is 42.3 Å². The molecular formula is C25H26FN5O4S2. The second kappa shape index (κ2) is 10.6. The normalized spacial score (nSPS) is 15.5. The zero-order valence-electron chi connectivity index (χ0n) is 19.9. The second-order valence-corrected chi connectivity index (χ2v) is 11.8. The van der Waals surface area contributed by atoms with E-state index in [1.54, 1.807) is 23.9 Å². The molecule has 5 rings (SSSR count). The van der Waals surface area contributed by atoms with Crippen LogP contribution in [-0.2, 0) is 39.4 Å². The van der Waals surface area contributed by atoms with Gasteiger partial charge in [-0.05, 0) is 54.8 Å². The van der Waals surface area contributed by atoms with E-state index in [0.29, 0.717) is 36.0 Å². The lowest BCUT2D eigenvalue weighted by Crippen LogP contribution is -2.29. The zero-order valence-corrected chi connectivity index (χ0v) is 21.6. The molecule has 9 nitrogen and oxygen atoms in total. The van der Waals surface area contributed by atoms with Crippen LogP contribution in [0.3, 0.4) is 0 Å². The molecular weight excluding hydrogens is 517 g/mol. The van der Waals surface area contributed by atoms with Gasteiger partial charge < -0.3 is 10.6 Å². The lowest BCUT2D eigenvalue weighted by Gasteiger charge is -2.15. The first-order chi connectivity index (χ1) is 17.8. The number of aromatic nitrogens is 2. The summed E-state index contributed by atoms with van der Waals surface area (Å²) in [5.74, 6) is 0.737. The Morgan fingerprint density at radius 1 is 1.00 bits per heavy atom. The quantitative estimate of drug-likeness (QED) is 0.451. The van der Waals surface area contributed by atoms with Gasteiger partial charge in [-0.1, -0.05) is 12.1 Å². The van der Waals surface area contributed by atoms with Crippen molar-refractivity contribution in [3.63, 3.8) is 0 Å². The highest BCUT2D eigenvalue weighted by Gasteiger charge is 2.28. The van der Waals surface area contributed by atoms with Crippen molar-refractivity contribution in [2.24, 2.45) is 0 Å². The SMILES string of the molecule is O=C(Cn1nc2c(c1NC(=O)c1ccc(S(=O)(=O)N3CCCC3)cc1)CSC2)NCc1ccc(F)cc1. The highest BCUT2D eigenvalue weighted by atomic mass is 32.2. The van der Waals surface area contributed by atoms with Gasteiger partial charge in [-0.3, -0.25) is 9.59 Å². The fraction of sp³-hybridized carbons (Fsp3) is 0.320. The number of carbonyl (C=O) groups is 2. The number of hydrogen-bond acceptors (Lipinski definition) is 6. The molecule has 12 heteroatoms. The van der Waals surface area contributed by atoms with Crippen molar-refractivity contribution < 1.29 is 22.4 Å². The van der Waals surface area contributed by atoms with Gasteiger partial charge in [-0.15, -0.1) is 0 Å². The molecule has 0 saturated carbocycles. The van der Waals surface area contributed by atoms with Crippen molar-refractivity contribution in [1.29, 1.82) is 0 Å². The van der Waals surface area contributed by atoms with Crippen molar-refractivity contribution >= 4 is 39.4 Å². The van der Waals surface area contributed by atoms with Gasteiger partial charge in [0.15, 0.2) is 0 Å². The maximum absolute atomic E-state index is 13.1. The van der Waals surface area contributed by atoms with Crippen molar-refractivity contribution in [1.82, 2.24) is 19.4 Å². The summed E-state index contributed by atoms with van der Waals surface area (Å²) >= 11 is 1.67. The minimum Gasteiger partial charge on any atom is -0.350 e. The topological polar surface area (TPSA) is 113 Å². The second-order valence-electron chi connectivity index (χ2n) is 8.92. The molecule has 2 aliphatic heterocycles. The van der Waals surface area contributed by atoms with E-state index in [2.05, 4.69) is 15.7 Å². The van der Waals surface area contributed by atoms with Crippen molar-refractivity contribution in [3.05, 3.63) is 76.7 Å². The number of halogens is 1. The fourth-order valence-electron chi connectivity index (χ4n) is 4.35. The summed E-state index contributed by atoms with van der Waals surface area (Å²) in [6, 6.07) is 11.7. The first-order valence-electron chi connectivity index (χ1n) is 11.9. The Hall–Kier alpha value is -3.22. The van der Waals surface area contributed by atoms with Crippen LogP contribution in [0.25, 0.3) is 0 Å². The van der Waals surface area contributed by atoms with E-state index in [9.17, 15) is 22.4 Å². The number of anilines is 1. The van der Waals surface area contributed by atoms with Gasteiger partial charge in [0.2, 0.25) is 15.9 Å². The fourth-order valence-corrected chi connectivity index (χ4v) is 6.90. The van der Waals surface area contributed by atoms with Crippen LogP contribution >= 0.6 is 11.8 Å². The third-order valence-electron chi connectivity index (χ3n) is 6.37. The van der Waals surface area contributed by atoms with E-state index in [1.165, 1.54) is 45.4 Å². The van der Waals surface area contributed by atoms with Crippen LogP contribution in [-0.4, -0.2) is 47.4 Å². The molecule has 1 fully saturated rings. The molecule has 0 spiro atoms. The molecule has 1 saturated heterocycles. The van der Waals surface area contributed by atoms with Crippen LogP contribution < -0.4 is 10.6 Å². The zero-order chi connectivity index (χ0) is 26.0. The highest BCUT2D eigenvalue weighted by molar-refractivity contribution is 7.98. The Morgan fingerprint density at radius 3 is 2.41 bits per heavy atom. The average Bonchev–Trinajstić information content (AvgIpc) is 3.64. The van der Waals surface area contributed by atoms with Gasteiger partial charge in [-0.2, -0.15) is 21.2 Å². The highest BCUT2D eigenvalue weighted by Crippen LogP contribution is 2.35. The molecule has 2 amide bonds. The molecule has 0 bridgehead atoms. The minimum atomic E-state index is -3.57. The molecule has 194 valence electrons. The summed E-state index contributed by atoms with van der Waals surface area (Å²) < 4.78 is 41.6. The summed E-state index contributed by atoms with van der Waals surface area (Å²) in [4.78, 5) is 25.8. The monoisotopic (exact) mass is 543 g/mol. The molecule has 2 aromatic carbocycles. The predicted octanol–water partition coefficient (Wildman–Crippen LogP) is 3.12. The third kappa shape index (κ3) is 5.55. The number of thioether (sulfide) groups is 1. The number of hydrogen-bond donors (Lipinski definition) is 2. The summed E-state index contributed by atoms with van der Waals surface area (Å²) in [6.07, 6.45) is 1.69. The predicted molar refractivity (Wildman–Crippen MR) is 138 cm³/mol. The molecule has 0 unspecified atom stereocenters. The van der Waals surface area contributed by atoms with Crippen molar-refractivity contribution in [2.75, 3.05) is 18.4 Å². The molecule has 37 heavy (non-hydrogen) atoms. The molecule has 0 atom stereocenters. The summed E-state index contributed by atoms with van der Waals surface area (Å²) in [7, 11) is -3.57. The van der Waals surface area contributed by atoms with E-state index in [4.69, 9.17) is 0 Å². The van der Waals surface area contributed by atoms with Gasteiger partial charge in [0.05, 0.1) is 10.6 Å². The van der Waals surface area contributed by atoms with Crippen LogP contribution in [0.2, 0.25) is 0 Å². The molecule has 1 aromatic heterocycles. The van der Waals surface area contributed by atoms with E-state index < -0.39 is 15.9 Å². The van der Waals surface area contributed by atoms with E-state index in [0.717, 1.165) is 29.7 Å². The lowest BCUT2D eigenvalue weighted by molar-refractivity contribution is -0.122. The van der Waals surface area contributed by atoms with E-state index in [1.807, 2.05) is 0 Å². The molecule has 0 aliphatic carbocycles. The molecule has 3 heterocycles. The molecule has 0 radical (unpaired) electrons. The van der Waals surface area contributed by atoms with Crippen LogP contribution in [0, 0.1) is 5.82 Å². The first kappa shape index (κ1) is 25.4. The first-order valence-corrected chi connectivity index (χ1v) is 14.5. The Labute approximate surface area is 218 Å². The Morgan fingerprint density at radius 2 is 1.70 bits per heavy atom. The number of nitrogens with one attached hydrogen (secondary N) is 2. The number of amides is 2. The van der Waals surface area contributed by atoms with Gasteiger partial charge >= 0.3 is 0 Å². The third-order valence-corrected chi connectivity index (χ3v) is 9.25. The molecule has 2 aliphatic rings. The smallest absolute Gasteiger partial charge is 0.256 e. The van der Waals surface area contributed by atoms with Gasteiger partial charge in [0.1, 0.15) is 18.2 Å². The largest absolute Gasteiger partial charge is 0.350 e. The van der Waals surface area contributed by atoms with Crippen LogP contribution in [0.5, 0.6) is 0 Å². The standard InChI is InChI=1S/C25H26FN5O4S2/c26-19-7-3-17(4-8-19)13-27-23(32)14-31-24(21-15-36-16-22(21)29-31)28-25(33)18-5-9-20(10-6-18)37(34,35)30-11-1-2-12-30/h3-10H,1-2,11-16H2,(H,27,32)(H,28,33). The van der Waals surface area contributed by atoms with E-state index in [-0.39, 0.29) is 29.7 Å². The Kier molecular flexibility index (Phi) is 7.31. The van der Waals surface area contributed by atoms with Crippen LogP contribution in [0.1, 0.15) is 40.0 Å². The summed E-state index contributed by atoms with van der Waals surface area (Å²) in [6.45, 7) is 1.16. The lowest BCUT2D eigenvalue weighted by atomic mass is 10.2. The maximum atomic E-state index is 13.1. The summed E-state index contributed by atoms with van der Waals surface area (Å²) in [5, 5.41) is 10.2. The summed E-state index contributed by atoms with van der Waals surface area (Å²) in [5.41, 5.74) is 2.75. The molecule has 2 N–H and O–H groups in total. The number of nitrogens with zero attached hydrogens (tertiary/aromatic N) is 3. The van der Waals surface area contributed by atoms with Gasteiger partial charge in [0, 0.05) is 42.3 Å². The number of fused-ring (bicyclic) bond motifs is 1. The number of carbonyl (C=O) groups excluding carboxylic acids is 2. The maximum Gasteiger partial charge on any atom is 0.256 e. The van der Waals surface area contributed by atoms with Gasteiger partial charge in [-0.25, -0.2) is 17.5 Å². The number of sulfonamides is 1. The van der Waals surface area contributed by atoms with Crippen LogP contribution in [0.15, 0.2) is 53.4 Å².